The van der Waals surface area contributed by atoms with Crippen molar-refractivity contribution in [3.63, 3.8) is 0 Å². The van der Waals surface area contributed by atoms with Crippen LogP contribution in [0.15, 0.2) is 24.5 Å². The van der Waals surface area contributed by atoms with E-state index in [1.54, 1.807) is 12.4 Å². The second-order valence-corrected chi connectivity index (χ2v) is 9.89. The van der Waals surface area contributed by atoms with E-state index in [0.29, 0.717) is 62.7 Å². The topological polar surface area (TPSA) is 85.9 Å². The lowest BCUT2D eigenvalue weighted by molar-refractivity contribution is -0.144. The molecule has 1 aromatic heterocycles. The van der Waals surface area contributed by atoms with E-state index in [4.69, 9.17) is 0 Å². The largest absolute Gasteiger partial charge is 0.352 e. The quantitative estimate of drug-likeness (QED) is 0.779. The molecule has 4 amide bonds. The van der Waals surface area contributed by atoms with Crippen molar-refractivity contribution in [1.29, 1.82) is 0 Å². The number of carbonyl (C=O) groups excluding carboxylic acids is 3. The number of hydrogen-bond donors (Lipinski definition) is 1. The Morgan fingerprint density at radius 2 is 1.81 bits per heavy atom. The summed E-state index contributed by atoms with van der Waals surface area (Å²) < 4.78 is 0. The Morgan fingerprint density at radius 3 is 2.59 bits per heavy atom. The molecule has 2 bridgehead atoms. The number of rotatable bonds is 3. The zero-order valence-corrected chi connectivity index (χ0v) is 18.6. The van der Waals surface area contributed by atoms with Gasteiger partial charge in [-0.3, -0.25) is 14.6 Å². The van der Waals surface area contributed by atoms with Crippen LogP contribution in [0.1, 0.15) is 44.1 Å². The van der Waals surface area contributed by atoms with Gasteiger partial charge in [0.2, 0.25) is 11.8 Å². The molecule has 5 heterocycles. The highest BCUT2D eigenvalue weighted by molar-refractivity contribution is 5.80. The molecular formula is C24H33N5O3. The van der Waals surface area contributed by atoms with Gasteiger partial charge in [-0.15, -0.1) is 0 Å². The summed E-state index contributed by atoms with van der Waals surface area (Å²) in [4.78, 5) is 48.2. The van der Waals surface area contributed by atoms with Crippen molar-refractivity contribution < 1.29 is 14.4 Å². The van der Waals surface area contributed by atoms with Gasteiger partial charge in [-0.05, 0) is 61.6 Å². The molecule has 4 aliphatic heterocycles. The molecule has 4 aliphatic rings. The van der Waals surface area contributed by atoms with Crippen LogP contribution in [0.3, 0.4) is 0 Å². The summed E-state index contributed by atoms with van der Waals surface area (Å²) in [6.45, 7) is 4.09. The molecule has 4 fully saturated rings. The first-order valence-electron chi connectivity index (χ1n) is 12.1. The summed E-state index contributed by atoms with van der Waals surface area (Å²) in [5.41, 5.74) is 1.04. The molecule has 0 aromatic carbocycles. The third-order valence-corrected chi connectivity index (χ3v) is 7.80. The van der Waals surface area contributed by atoms with Gasteiger partial charge in [-0.1, -0.05) is 0 Å². The highest BCUT2D eigenvalue weighted by Gasteiger charge is 2.45. The van der Waals surface area contributed by atoms with Crippen LogP contribution in [0.2, 0.25) is 0 Å². The summed E-state index contributed by atoms with van der Waals surface area (Å²) in [5, 5.41) is 3.02. The molecule has 32 heavy (non-hydrogen) atoms. The molecule has 8 heteroatoms. The van der Waals surface area contributed by atoms with Crippen molar-refractivity contribution >= 4 is 17.8 Å². The molecule has 0 unspecified atom stereocenters. The molecule has 0 radical (unpaired) electrons. The summed E-state index contributed by atoms with van der Waals surface area (Å²) in [7, 11) is 0. The number of likely N-dealkylation sites (tertiary alicyclic amines) is 2. The maximum atomic E-state index is 13.3. The van der Waals surface area contributed by atoms with Gasteiger partial charge in [-0.2, -0.15) is 0 Å². The maximum absolute atomic E-state index is 13.3. The lowest BCUT2D eigenvalue weighted by Crippen LogP contribution is -2.62. The lowest BCUT2D eigenvalue weighted by Gasteiger charge is -2.53. The molecular weight excluding hydrogens is 406 g/mol. The van der Waals surface area contributed by atoms with Crippen molar-refractivity contribution in [3.05, 3.63) is 30.1 Å². The standard InChI is InChI=1S/C24H33N5O3/c30-22-3-1-2-21-20-12-18(15-29(21)22)14-28(16-20)24(32)27-10-6-19(7-11-27)23(31)26-13-17-4-8-25-9-5-17/h4-5,8-9,18-21H,1-3,6-7,10-16H2,(H,26,31)/t18-,20+,21+/m0/s1. The zero-order chi connectivity index (χ0) is 22.1. The van der Waals surface area contributed by atoms with Crippen molar-refractivity contribution in [2.75, 3.05) is 32.7 Å². The second kappa shape index (κ2) is 9.08. The highest BCUT2D eigenvalue weighted by atomic mass is 16.2. The van der Waals surface area contributed by atoms with E-state index < -0.39 is 0 Å². The summed E-state index contributed by atoms with van der Waals surface area (Å²) >= 11 is 0. The minimum absolute atomic E-state index is 0.0385. The first kappa shape index (κ1) is 21.2. The van der Waals surface area contributed by atoms with Crippen LogP contribution in [-0.2, 0) is 16.1 Å². The Hall–Kier alpha value is -2.64. The van der Waals surface area contributed by atoms with Gasteiger partial charge in [-0.25, -0.2) is 4.79 Å². The van der Waals surface area contributed by atoms with E-state index in [9.17, 15) is 14.4 Å². The Bertz CT molecular complexity index is 854. The van der Waals surface area contributed by atoms with Gasteiger partial charge in [0, 0.05) is 70.0 Å². The van der Waals surface area contributed by atoms with Crippen molar-refractivity contribution in [1.82, 2.24) is 25.0 Å². The number of amides is 4. The third-order valence-electron chi connectivity index (χ3n) is 7.80. The number of aromatic nitrogens is 1. The predicted molar refractivity (Wildman–Crippen MR) is 118 cm³/mol. The van der Waals surface area contributed by atoms with E-state index in [1.807, 2.05) is 21.9 Å². The third kappa shape index (κ3) is 4.32. The molecule has 1 aromatic rings. The smallest absolute Gasteiger partial charge is 0.320 e. The molecule has 8 nitrogen and oxygen atoms in total. The highest BCUT2D eigenvalue weighted by Crippen LogP contribution is 2.38. The minimum Gasteiger partial charge on any atom is -0.352 e. The number of fused-ring (bicyclic) bond motifs is 4. The molecule has 1 N–H and O–H groups in total. The monoisotopic (exact) mass is 439 g/mol. The Morgan fingerprint density at radius 1 is 1.03 bits per heavy atom. The van der Waals surface area contributed by atoms with Crippen LogP contribution in [-0.4, -0.2) is 76.3 Å². The number of nitrogens with one attached hydrogen (secondary N) is 1. The first-order chi connectivity index (χ1) is 15.6. The van der Waals surface area contributed by atoms with Gasteiger partial charge >= 0.3 is 6.03 Å². The first-order valence-corrected chi connectivity index (χ1v) is 12.1. The molecule has 0 aliphatic carbocycles. The normalized spacial score (nSPS) is 28.3. The van der Waals surface area contributed by atoms with E-state index in [0.717, 1.165) is 44.5 Å². The number of carbonyl (C=O) groups is 3. The lowest BCUT2D eigenvalue weighted by atomic mass is 9.76. The molecule has 5 rings (SSSR count). The van der Waals surface area contributed by atoms with Crippen molar-refractivity contribution in [2.45, 2.75) is 51.1 Å². The van der Waals surface area contributed by atoms with Crippen LogP contribution in [0.25, 0.3) is 0 Å². The van der Waals surface area contributed by atoms with E-state index in [2.05, 4.69) is 15.2 Å². The van der Waals surface area contributed by atoms with Crippen molar-refractivity contribution in [3.8, 4) is 0 Å². The fourth-order valence-electron chi connectivity index (χ4n) is 6.13. The Balaban J connectivity index is 1.12. The molecule has 4 saturated heterocycles. The SMILES string of the molecule is O=C(NCc1ccncc1)C1CCN(C(=O)N2C[C@@H]3C[C@H](C2)[C@H]2CCCC(=O)N2C3)CC1. The van der Waals surface area contributed by atoms with Crippen LogP contribution in [0.4, 0.5) is 4.79 Å². The average Bonchev–Trinajstić information content (AvgIpc) is 2.83. The van der Waals surface area contributed by atoms with Crippen LogP contribution >= 0.6 is 0 Å². The Kier molecular flexibility index (Phi) is 6.02. The summed E-state index contributed by atoms with van der Waals surface area (Å²) in [6.07, 6.45) is 8.74. The number of hydrogen-bond acceptors (Lipinski definition) is 4. The maximum Gasteiger partial charge on any atom is 0.320 e. The number of urea groups is 1. The number of nitrogens with zero attached hydrogens (tertiary/aromatic N) is 4. The van der Waals surface area contributed by atoms with Gasteiger partial charge in [0.1, 0.15) is 0 Å². The fraction of sp³-hybridized carbons (Fsp3) is 0.667. The van der Waals surface area contributed by atoms with Crippen LogP contribution < -0.4 is 5.32 Å². The summed E-state index contributed by atoms with van der Waals surface area (Å²) in [5.74, 6) is 1.15. The van der Waals surface area contributed by atoms with Gasteiger partial charge < -0.3 is 20.0 Å². The molecule has 0 saturated carbocycles. The van der Waals surface area contributed by atoms with Gasteiger partial charge in [0.05, 0.1) is 0 Å². The number of piperidine rings is 4. The summed E-state index contributed by atoms with van der Waals surface area (Å²) in [6, 6.07) is 4.24. The van der Waals surface area contributed by atoms with E-state index in [1.165, 1.54) is 0 Å². The average molecular weight is 440 g/mol. The van der Waals surface area contributed by atoms with Gasteiger partial charge in [0.15, 0.2) is 0 Å². The molecule has 172 valence electrons. The van der Waals surface area contributed by atoms with E-state index in [-0.39, 0.29) is 17.9 Å². The fourth-order valence-corrected chi connectivity index (χ4v) is 6.13. The van der Waals surface area contributed by atoms with Crippen LogP contribution in [0, 0.1) is 17.8 Å². The zero-order valence-electron chi connectivity index (χ0n) is 18.6. The Labute approximate surface area is 189 Å². The van der Waals surface area contributed by atoms with Gasteiger partial charge in [0.25, 0.3) is 0 Å². The minimum atomic E-state index is -0.0385. The molecule has 3 atom stereocenters. The van der Waals surface area contributed by atoms with E-state index >= 15 is 0 Å². The van der Waals surface area contributed by atoms with Crippen LogP contribution in [0.5, 0.6) is 0 Å². The predicted octanol–water partition coefficient (Wildman–Crippen LogP) is 1.86. The molecule has 0 spiro atoms. The second-order valence-electron chi connectivity index (χ2n) is 9.89. The van der Waals surface area contributed by atoms with Crippen molar-refractivity contribution in [2.24, 2.45) is 17.8 Å². The number of pyridine rings is 1.